The van der Waals surface area contributed by atoms with Crippen molar-refractivity contribution < 1.29 is 4.74 Å². The highest BCUT2D eigenvalue weighted by molar-refractivity contribution is 6.32. The molecule has 0 radical (unpaired) electrons. The predicted octanol–water partition coefficient (Wildman–Crippen LogP) is 3.55. The standard InChI is InChI=1S/C13H13ClN2O/c1-9(15)10-6-7-16-13(8-10)17-12-5-3-2-4-11(12)14/h2-9H,15H2,1H3/t9-/m1/s1. The summed E-state index contributed by atoms with van der Waals surface area (Å²) in [6.07, 6.45) is 1.67. The first-order chi connectivity index (χ1) is 8.16. The molecule has 2 N–H and O–H groups in total. The van der Waals surface area contributed by atoms with Crippen LogP contribution in [0.25, 0.3) is 0 Å². The van der Waals surface area contributed by atoms with Crippen LogP contribution in [-0.2, 0) is 0 Å². The number of hydrogen-bond donors (Lipinski definition) is 1. The number of nitrogens with zero attached hydrogens (tertiary/aromatic N) is 1. The Morgan fingerprint density at radius 1 is 1.29 bits per heavy atom. The molecule has 1 aromatic heterocycles. The minimum absolute atomic E-state index is 0.0494. The predicted molar refractivity (Wildman–Crippen MR) is 68.4 cm³/mol. The summed E-state index contributed by atoms with van der Waals surface area (Å²) in [5.74, 6) is 1.08. The third kappa shape index (κ3) is 2.96. The van der Waals surface area contributed by atoms with E-state index in [1.165, 1.54) is 0 Å². The second kappa shape index (κ2) is 5.17. The SMILES string of the molecule is C[C@@H](N)c1ccnc(Oc2ccccc2Cl)c1. The zero-order chi connectivity index (χ0) is 12.3. The Labute approximate surface area is 105 Å². The summed E-state index contributed by atoms with van der Waals surface area (Å²) >= 11 is 6.00. The molecule has 17 heavy (non-hydrogen) atoms. The molecule has 0 saturated carbocycles. The molecule has 0 bridgehead atoms. The van der Waals surface area contributed by atoms with E-state index in [1.54, 1.807) is 18.3 Å². The highest BCUT2D eigenvalue weighted by atomic mass is 35.5. The van der Waals surface area contributed by atoms with Crippen molar-refractivity contribution in [3.63, 3.8) is 0 Å². The fourth-order valence-corrected chi connectivity index (χ4v) is 1.58. The fraction of sp³-hybridized carbons (Fsp3) is 0.154. The molecule has 2 aromatic rings. The molecule has 0 aliphatic heterocycles. The number of benzene rings is 1. The van der Waals surface area contributed by atoms with Crippen molar-refractivity contribution in [3.8, 4) is 11.6 Å². The van der Waals surface area contributed by atoms with E-state index in [-0.39, 0.29) is 6.04 Å². The molecule has 0 fully saturated rings. The summed E-state index contributed by atoms with van der Waals surface area (Å²) in [6, 6.07) is 10.9. The van der Waals surface area contributed by atoms with Crippen LogP contribution in [0.3, 0.4) is 0 Å². The van der Waals surface area contributed by atoms with Crippen molar-refractivity contribution in [3.05, 3.63) is 53.2 Å². The molecule has 0 spiro atoms. The van der Waals surface area contributed by atoms with Gasteiger partial charge in [0.05, 0.1) is 5.02 Å². The topological polar surface area (TPSA) is 48.1 Å². The third-order valence-corrected chi connectivity index (χ3v) is 2.65. The van der Waals surface area contributed by atoms with Gasteiger partial charge in [-0.3, -0.25) is 0 Å². The van der Waals surface area contributed by atoms with Crippen molar-refractivity contribution in [2.75, 3.05) is 0 Å². The molecular weight excluding hydrogens is 236 g/mol. The molecule has 0 aliphatic rings. The van der Waals surface area contributed by atoms with Gasteiger partial charge in [-0.1, -0.05) is 23.7 Å². The Kier molecular flexibility index (Phi) is 3.61. The van der Waals surface area contributed by atoms with E-state index >= 15 is 0 Å². The molecule has 0 aliphatic carbocycles. The Morgan fingerprint density at radius 2 is 2.06 bits per heavy atom. The zero-order valence-corrected chi connectivity index (χ0v) is 10.2. The van der Waals surface area contributed by atoms with Gasteiger partial charge < -0.3 is 10.5 Å². The van der Waals surface area contributed by atoms with Crippen LogP contribution in [0.5, 0.6) is 11.6 Å². The first-order valence-corrected chi connectivity index (χ1v) is 5.68. The molecule has 0 amide bonds. The minimum Gasteiger partial charge on any atom is -0.437 e. The maximum Gasteiger partial charge on any atom is 0.219 e. The monoisotopic (exact) mass is 248 g/mol. The maximum absolute atomic E-state index is 6.00. The molecule has 1 heterocycles. The number of para-hydroxylation sites is 1. The number of halogens is 1. The van der Waals surface area contributed by atoms with Crippen LogP contribution in [-0.4, -0.2) is 4.98 Å². The lowest BCUT2D eigenvalue weighted by atomic mass is 10.1. The lowest BCUT2D eigenvalue weighted by Crippen LogP contribution is -2.05. The third-order valence-electron chi connectivity index (χ3n) is 2.34. The first-order valence-electron chi connectivity index (χ1n) is 5.31. The van der Waals surface area contributed by atoms with Crippen LogP contribution < -0.4 is 10.5 Å². The van der Waals surface area contributed by atoms with Crippen LogP contribution in [0.15, 0.2) is 42.6 Å². The molecule has 0 saturated heterocycles. The van der Waals surface area contributed by atoms with Crippen LogP contribution in [0.2, 0.25) is 5.02 Å². The minimum atomic E-state index is -0.0494. The molecule has 1 aromatic carbocycles. The Morgan fingerprint density at radius 3 is 2.76 bits per heavy atom. The van der Waals surface area contributed by atoms with E-state index in [9.17, 15) is 0 Å². The Balaban J connectivity index is 2.25. The van der Waals surface area contributed by atoms with E-state index in [0.717, 1.165) is 5.56 Å². The summed E-state index contributed by atoms with van der Waals surface area (Å²) < 4.78 is 5.60. The van der Waals surface area contributed by atoms with Gasteiger partial charge in [0.2, 0.25) is 5.88 Å². The van der Waals surface area contributed by atoms with E-state index in [4.69, 9.17) is 22.1 Å². The molecular formula is C13H13ClN2O. The van der Waals surface area contributed by atoms with Gasteiger partial charge in [-0.2, -0.15) is 0 Å². The zero-order valence-electron chi connectivity index (χ0n) is 9.43. The quantitative estimate of drug-likeness (QED) is 0.904. The van der Waals surface area contributed by atoms with E-state index in [1.807, 2.05) is 31.2 Å². The number of rotatable bonds is 3. The normalized spacial score (nSPS) is 12.2. The van der Waals surface area contributed by atoms with Crippen molar-refractivity contribution in [1.29, 1.82) is 0 Å². The van der Waals surface area contributed by atoms with E-state index in [0.29, 0.717) is 16.7 Å². The lowest BCUT2D eigenvalue weighted by molar-refractivity contribution is 0.462. The Hall–Kier alpha value is -1.58. The molecule has 88 valence electrons. The van der Waals surface area contributed by atoms with Gasteiger partial charge in [-0.05, 0) is 30.7 Å². The lowest BCUT2D eigenvalue weighted by Gasteiger charge is -2.09. The van der Waals surface area contributed by atoms with Gasteiger partial charge in [-0.25, -0.2) is 4.98 Å². The maximum atomic E-state index is 6.00. The summed E-state index contributed by atoms with van der Waals surface area (Å²) in [5.41, 5.74) is 6.77. The van der Waals surface area contributed by atoms with E-state index < -0.39 is 0 Å². The average Bonchev–Trinajstić information content (AvgIpc) is 2.32. The molecule has 4 heteroatoms. The highest BCUT2D eigenvalue weighted by Gasteiger charge is 2.05. The van der Waals surface area contributed by atoms with Crippen molar-refractivity contribution in [2.24, 2.45) is 5.73 Å². The van der Waals surface area contributed by atoms with Crippen LogP contribution >= 0.6 is 11.6 Å². The summed E-state index contributed by atoms with van der Waals surface area (Å²) in [7, 11) is 0. The number of hydrogen-bond acceptors (Lipinski definition) is 3. The van der Waals surface area contributed by atoms with E-state index in [2.05, 4.69) is 4.98 Å². The van der Waals surface area contributed by atoms with Crippen LogP contribution in [0, 0.1) is 0 Å². The van der Waals surface area contributed by atoms with Crippen LogP contribution in [0.1, 0.15) is 18.5 Å². The van der Waals surface area contributed by atoms with Crippen molar-refractivity contribution in [1.82, 2.24) is 4.98 Å². The van der Waals surface area contributed by atoms with Crippen LogP contribution in [0.4, 0.5) is 0 Å². The van der Waals surface area contributed by atoms with Gasteiger partial charge in [0, 0.05) is 18.3 Å². The molecule has 2 rings (SSSR count). The number of pyridine rings is 1. The number of ether oxygens (including phenoxy) is 1. The van der Waals surface area contributed by atoms with Gasteiger partial charge in [-0.15, -0.1) is 0 Å². The number of nitrogens with two attached hydrogens (primary N) is 1. The van der Waals surface area contributed by atoms with Gasteiger partial charge in [0.15, 0.2) is 0 Å². The second-order valence-electron chi connectivity index (χ2n) is 3.75. The average molecular weight is 249 g/mol. The fourth-order valence-electron chi connectivity index (χ4n) is 1.40. The van der Waals surface area contributed by atoms with Gasteiger partial charge >= 0.3 is 0 Å². The van der Waals surface area contributed by atoms with Gasteiger partial charge in [0.1, 0.15) is 5.75 Å². The number of aromatic nitrogens is 1. The second-order valence-corrected chi connectivity index (χ2v) is 4.16. The molecule has 3 nitrogen and oxygen atoms in total. The summed E-state index contributed by atoms with van der Waals surface area (Å²) in [5, 5.41) is 0.556. The molecule has 0 unspecified atom stereocenters. The van der Waals surface area contributed by atoms with Gasteiger partial charge in [0.25, 0.3) is 0 Å². The first kappa shape index (κ1) is 11.9. The summed E-state index contributed by atoms with van der Waals surface area (Å²) in [6.45, 7) is 1.91. The molecule has 1 atom stereocenters. The highest BCUT2D eigenvalue weighted by Crippen LogP contribution is 2.28. The smallest absolute Gasteiger partial charge is 0.219 e. The van der Waals surface area contributed by atoms with Crippen molar-refractivity contribution >= 4 is 11.6 Å². The van der Waals surface area contributed by atoms with Crippen molar-refractivity contribution in [2.45, 2.75) is 13.0 Å². The largest absolute Gasteiger partial charge is 0.437 e. The Bertz CT molecular complexity index is 514. The summed E-state index contributed by atoms with van der Waals surface area (Å²) in [4.78, 5) is 4.12.